The molecule has 14 heteroatoms. The van der Waals surface area contributed by atoms with Crippen LogP contribution in [0.1, 0.15) is 98.5 Å². The number of methoxy groups -OCH3 is 2. The number of hydrogen-bond acceptors (Lipinski definition) is 12. The van der Waals surface area contributed by atoms with Gasteiger partial charge in [0.05, 0.1) is 25.3 Å². The second kappa shape index (κ2) is 20.2. The molecule has 14 nitrogen and oxygen atoms in total. The Morgan fingerprint density at radius 1 is 0.444 bits per heavy atom. The standard InChI is InChI=1S/C49H46N6O8/c1-5-7-9-11-31-14-18-33(19-15-31)43-51-45(55-53-43)35-22-26-37(27-23-35)47(57)63-41-29-38(48(58)60-3)40(28-39(41)49(59)61-4)62-46(56)36-24-20-34(21-25-36)44-50-42(52-54-44)32-16-12-30(13-17-32)10-8-6-2/h12-29H,5-11H2,1-4H3,(H,50,52,54)(H,51,53,55). The molecular weight excluding hydrogens is 801 g/mol. The summed E-state index contributed by atoms with van der Waals surface area (Å²) in [5, 5.41) is 17.2. The molecule has 0 saturated heterocycles. The van der Waals surface area contributed by atoms with Crippen LogP contribution in [0.5, 0.6) is 11.5 Å². The number of nitrogens with zero attached hydrogens (tertiary/aromatic N) is 4. The fourth-order valence-electron chi connectivity index (χ4n) is 6.78. The monoisotopic (exact) mass is 846 g/mol. The number of esters is 4. The Kier molecular flexibility index (Phi) is 13.9. The summed E-state index contributed by atoms with van der Waals surface area (Å²) in [7, 11) is 2.27. The number of carbonyl (C=O) groups excluding carboxylic acids is 4. The van der Waals surface area contributed by atoms with E-state index < -0.39 is 23.9 Å². The molecular formula is C49H46N6O8. The van der Waals surface area contributed by atoms with Gasteiger partial charge in [-0.25, -0.2) is 19.2 Å². The number of rotatable bonds is 17. The number of aryl methyl sites for hydroxylation is 2. The molecule has 0 fully saturated rings. The van der Waals surface area contributed by atoms with Crippen LogP contribution in [0.25, 0.3) is 45.6 Å². The number of H-pyrrole nitrogens is 2. The average Bonchev–Trinajstić information content (AvgIpc) is 4.03. The fourth-order valence-corrected chi connectivity index (χ4v) is 6.78. The first-order valence-electron chi connectivity index (χ1n) is 20.7. The number of benzene rings is 5. The molecule has 2 N–H and O–H groups in total. The first kappa shape index (κ1) is 43.4. The van der Waals surface area contributed by atoms with Crippen molar-refractivity contribution in [3.63, 3.8) is 0 Å². The van der Waals surface area contributed by atoms with Crippen molar-refractivity contribution >= 4 is 23.9 Å². The third kappa shape index (κ3) is 10.4. The van der Waals surface area contributed by atoms with Crippen molar-refractivity contribution in [2.75, 3.05) is 14.2 Å². The average molecular weight is 847 g/mol. The van der Waals surface area contributed by atoms with E-state index in [1.165, 1.54) is 48.2 Å². The van der Waals surface area contributed by atoms with Crippen LogP contribution in [0.3, 0.4) is 0 Å². The Bertz CT molecular complexity index is 2710. The lowest BCUT2D eigenvalue weighted by atomic mass is 10.1. The normalized spacial score (nSPS) is 10.9. The summed E-state index contributed by atoms with van der Waals surface area (Å²) in [6.07, 6.45) is 7.82. The summed E-state index contributed by atoms with van der Waals surface area (Å²) in [6, 6.07) is 31.3. The van der Waals surface area contributed by atoms with Crippen molar-refractivity contribution in [1.82, 2.24) is 30.4 Å². The van der Waals surface area contributed by atoms with E-state index in [9.17, 15) is 19.2 Å². The molecule has 0 saturated carbocycles. The molecule has 0 unspecified atom stereocenters. The largest absolute Gasteiger partial charge is 0.465 e. The predicted molar refractivity (Wildman–Crippen MR) is 235 cm³/mol. The maximum Gasteiger partial charge on any atom is 0.343 e. The van der Waals surface area contributed by atoms with Crippen LogP contribution in [0.2, 0.25) is 0 Å². The molecule has 2 aromatic heterocycles. The summed E-state index contributed by atoms with van der Waals surface area (Å²) in [4.78, 5) is 59.3. The minimum Gasteiger partial charge on any atom is -0.465 e. The van der Waals surface area contributed by atoms with Crippen LogP contribution in [-0.4, -0.2) is 68.5 Å². The van der Waals surface area contributed by atoms with Gasteiger partial charge >= 0.3 is 23.9 Å². The van der Waals surface area contributed by atoms with Crippen molar-refractivity contribution in [1.29, 1.82) is 0 Å². The molecule has 63 heavy (non-hydrogen) atoms. The Morgan fingerprint density at radius 3 is 1.11 bits per heavy atom. The van der Waals surface area contributed by atoms with E-state index in [1.807, 2.05) is 24.3 Å². The van der Waals surface area contributed by atoms with E-state index in [1.54, 1.807) is 24.3 Å². The summed E-state index contributed by atoms with van der Waals surface area (Å²) in [5.41, 5.74) is 5.33. The van der Waals surface area contributed by atoms with Crippen molar-refractivity contribution in [2.24, 2.45) is 0 Å². The molecule has 2 heterocycles. The van der Waals surface area contributed by atoms with Gasteiger partial charge in [0.25, 0.3) is 0 Å². The SMILES string of the molecule is CCCCCc1ccc(-c2nnc(-c3ccc(C(=O)Oc4cc(C(=O)OC)c(OC(=O)c5ccc(-c6nnc(-c7ccc(CCCC)cc7)[nH]6)cc5)cc4C(=O)OC)cc3)[nH]2)cc1. The van der Waals surface area contributed by atoms with Gasteiger partial charge < -0.3 is 28.9 Å². The maximum atomic E-state index is 13.4. The number of hydrogen-bond donors (Lipinski definition) is 2. The zero-order valence-electron chi connectivity index (χ0n) is 35.4. The Labute approximate surface area is 364 Å². The van der Waals surface area contributed by atoms with Crippen LogP contribution >= 0.6 is 0 Å². The molecule has 0 atom stereocenters. The van der Waals surface area contributed by atoms with Crippen LogP contribution in [0.4, 0.5) is 0 Å². The Morgan fingerprint density at radius 2 is 0.778 bits per heavy atom. The topological polar surface area (TPSA) is 188 Å². The lowest BCUT2D eigenvalue weighted by Crippen LogP contribution is -2.16. The third-order valence-electron chi connectivity index (χ3n) is 10.4. The lowest BCUT2D eigenvalue weighted by molar-refractivity contribution is 0.0567. The van der Waals surface area contributed by atoms with Crippen molar-refractivity contribution < 1.29 is 38.1 Å². The smallest absolute Gasteiger partial charge is 0.343 e. The van der Waals surface area contributed by atoms with Gasteiger partial charge in [0.2, 0.25) is 0 Å². The molecule has 0 aliphatic heterocycles. The minimum atomic E-state index is -0.919. The highest BCUT2D eigenvalue weighted by atomic mass is 16.6. The number of aromatic amines is 2. The van der Waals surface area contributed by atoms with Crippen LogP contribution in [-0.2, 0) is 22.3 Å². The lowest BCUT2D eigenvalue weighted by Gasteiger charge is -2.14. The van der Waals surface area contributed by atoms with E-state index in [2.05, 4.69) is 68.5 Å². The highest BCUT2D eigenvalue weighted by Gasteiger charge is 2.26. The maximum absolute atomic E-state index is 13.4. The van der Waals surface area contributed by atoms with Crippen molar-refractivity contribution in [3.8, 4) is 57.1 Å². The Hall–Kier alpha value is -7.74. The quantitative estimate of drug-likeness (QED) is 0.0502. The number of nitrogens with one attached hydrogen (secondary N) is 2. The van der Waals surface area contributed by atoms with E-state index >= 15 is 0 Å². The van der Waals surface area contributed by atoms with E-state index in [4.69, 9.17) is 18.9 Å². The van der Waals surface area contributed by atoms with Gasteiger partial charge in [-0.2, -0.15) is 0 Å². The predicted octanol–water partition coefficient (Wildman–Crippen LogP) is 9.68. The number of aromatic nitrogens is 6. The summed E-state index contributed by atoms with van der Waals surface area (Å²) in [5.74, 6) is -1.97. The van der Waals surface area contributed by atoms with Gasteiger partial charge in [-0.15, -0.1) is 20.4 Å². The van der Waals surface area contributed by atoms with Gasteiger partial charge in [0, 0.05) is 34.4 Å². The molecule has 7 rings (SSSR count). The highest BCUT2D eigenvalue weighted by Crippen LogP contribution is 2.32. The molecule has 7 aromatic rings. The second-order valence-corrected chi connectivity index (χ2v) is 14.8. The number of carbonyl (C=O) groups is 4. The van der Waals surface area contributed by atoms with Crippen LogP contribution in [0, 0.1) is 0 Å². The van der Waals surface area contributed by atoms with Crippen LogP contribution < -0.4 is 9.47 Å². The minimum absolute atomic E-state index is 0.129. The molecule has 320 valence electrons. The van der Waals surface area contributed by atoms with Gasteiger partial charge in [0.1, 0.15) is 22.6 Å². The number of unbranched alkanes of at least 4 members (excludes halogenated alkanes) is 3. The molecule has 0 aliphatic rings. The zero-order valence-corrected chi connectivity index (χ0v) is 35.4. The summed E-state index contributed by atoms with van der Waals surface area (Å²) in [6.45, 7) is 4.35. The first-order chi connectivity index (χ1) is 30.7. The zero-order chi connectivity index (χ0) is 44.3. The van der Waals surface area contributed by atoms with E-state index in [0.717, 1.165) is 69.6 Å². The first-order valence-corrected chi connectivity index (χ1v) is 20.7. The number of ether oxygens (including phenoxy) is 4. The molecule has 0 spiro atoms. The van der Waals surface area contributed by atoms with E-state index in [-0.39, 0.29) is 33.8 Å². The van der Waals surface area contributed by atoms with Gasteiger partial charge in [-0.05, 0) is 61.1 Å². The molecule has 0 amide bonds. The van der Waals surface area contributed by atoms with Crippen molar-refractivity contribution in [3.05, 3.63) is 143 Å². The van der Waals surface area contributed by atoms with Gasteiger partial charge in [0.15, 0.2) is 23.3 Å². The molecule has 5 aromatic carbocycles. The third-order valence-corrected chi connectivity index (χ3v) is 10.4. The Balaban J connectivity index is 1.04. The molecule has 0 radical (unpaired) electrons. The van der Waals surface area contributed by atoms with Crippen molar-refractivity contribution in [2.45, 2.75) is 58.8 Å². The summed E-state index contributed by atoms with van der Waals surface area (Å²) < 4.78 is 21.2. The van der Waals surface area contributed by atoms with Gasteiger partial charge in [-0.3, -0.25) is 0 Å². The summed E-state index contributed by atoms with van der Waals surface area (Å²) >= 11 is 0. The second-order valence-electron chi connectivity index (χ2n) is 14.8. The van der Waals surface area contributed by atoms with Crippen LogP contribution in [0.15, 0.2) is 109 Å². The van der Waals surface area contributed by atoms with E-state index in [0.29, 0.717) is 34.4 Å². The molecule has 0 bridgehead atoms. The van der Waals surface area contributed by atoms with Gasteiger partial charge in [-0.1, -0.05) is 106 Å². The highest BCUT2D eigenvalue weighted by molar-refractivity contribution is 6.02. The fraction of sp³-hybridized carbons (Fsp3) is 0.224. The molecule has 0 aliphatic carbocycles.